The van der Waals surface area contributed by atoms with Crippen LogP contribution in [0, 0.1) is 5.82 Å². The van der Waals surface area contributed by atoms with E-state index >= 15 is 0 Å². The topological polar surface area (TPSA) is 17.1 Å². The molecule has 12 heavy (non-hydrogen) atoms. The first-order valence-electron chi connectivity index (χ1n) is 3.65. The van der Waals surface area contributed by atoms with Crippen LogP contribution >= 0.6 is 11.6 Å². The highest BCUT2D eigenvalue weighted by Gasteiger charge is 1.99. The average Bonchev–Trinajstić information content (AvgIpc) is 2.09. The first-order chi connectivity index (χ1) is 5.70. The summed E-state index contributed by atoms with van der Waals surface area (Å²) in [4.78, 5) is 10.4. The molecule has 0 unspecified atom stereocenters. The van der Waals surface area contributed by atoms with Gasteiger partial charge in [0.05, 0.1) is 0 Å². The molecule has 0 aliphatic carbocycles. The van der Waals surface area contributed by atoms with E-state index in [-0.39, 0.29) is 5.82 Å². The van der Waals surface area contributed by atoms with Gasteiger partial charge in [0.2, 0.25) is 0 Å². The number of halogens is 2. The van der Waals surface area contributed by atoms with Gasteiger partial charge in [0.25, 0.3) is 5.24 Å². The van der Waals surface area contributed by atoms with Crippen LogP contribution in [0.25, 0.3) is 0 Å². The molecule has 0 aromatic heterocycles. The second kappa shape index (κ2) is 5.72. The van der Waals surface area contributed by atoms with Crippen LogP contribution in [0.3, 0.4) is 0 Å². The fourth-order valence-electron chi connectivity index (χ4n) is 0.581. The van der Waals surface area contributed by atoms with Gasteiger partial charge in [-0.05, 0) is 35.9 Å². The van der Waals surface area contributed by atoms with Gasteiger partial charge in [0, 0.05) is 5.56 Å². The lowest BCUT2D eigenvalue weighted by Gasteiger charge is -1.90. The molecule has 0 aliphatic rings. The lowest BCUT2D eigenvalue weighted by molar-refractivity contribution is 0.108. The van der Waals surface area contributed by atoms with Crippen LogP contribution in [-0.4, -0.2) is 5.24 Å². The normalized spacial score (nSPS) is 8.33. The molecule has 0 heterocycles. The van der Waals surface area contributed by atoms with E-state index < -0.39 is 5.24 Å². The van der Waals surface area contributed by atoms with Crippen molar-refractivity contribution in [1.29, 1.82) is 0 Å². The smallest absolute Gasteiger partial charge is 0.252 e. The van der Waals surface area contributed by atoms with Crippen LogP contribution in [0.1, 0.15) is 24.2 Å². The highest BCUT2D eigenvalue weighted by molar-refractivity contribution is 6.67. The Kier molecular flexibility index (Phi) is 5.30. The summed E-state index contributed by atoms with van der Waals surface area (Å²) >= 11 is 5.09. The SMILES string of the molecule is CC.O=C(Cl)c1ccc(F)cc1. The van der Waals surface area contributed by atoms with Crippen LogP contribution < -0.4 is 0 Å². The Labute approximate surface area is 76.2 Å². The number of rotatable bonds is 1. The van der Waals surface area contributed by atoms with Crippen molar-refractivity contribution in [3.05, 3.63) is 35.6 Å². The minimum atomic E-state index is -0.569. The Morgan fingerprint density at radius 1 is 1.25 bits per heavy atom. The highest BCUT2D eigenvalue weighted by Crippen LogP contribution is 2.04. The van der Waals surface area contributed by atoms with E-state index in [9.17, 15) is 9.18 Å². The predicted octanol–water partition coefficient (Wildman–Crippen LogP) is 3.23. The standard InChI is InChI=1S/C7H4ClFO.C2H6/c8-7(10)5-1-3-6(9)4-2-5;1-2/h1-4H;1-2H3. The van der Waals surface area contributed by atoms with E-state index in [2.05, 4.69) is 0 Å². The summed E-state index contributed by atoms with van der Waals surface area (Å²) < 4.78 is 12.2. The van der Waals surface area contributed by atoms with Gasteiger partial charge in [-0.1, -0.05) is 13.8 Å². The first kappa shape index (κ1) is 11.1. The van der Waals surface area contributed by atoms with Gasteiger partial charge in [-0.25, -0.2) is 4.39 Å². The summed E-state index contributed by atoms with van der Waals surface area (Å²) in [5.41, 5.74) is 0.308. The fourth-order valence-corrected chi connectivity index (χ4v) is 0.707. The zero-order valence-electron chi connectivity index (χ0n) is 6.97. The summed E-state index contributed by atoms with van der Waals surface area (Å²) in [7, 11) is 0. The van der Waals surface area contributed by atoms with Crippen molar-refractivity contribution in [1.82, 2.24) is 0 Å². The number of benzene rings is 1. The minimum absolute atomic E-state index is 0.308. The summed E-state index contributed by atoms with van der Waals surface area (Å²) in [5, 5.41) is -0.569. The van der Waals surface area contributed by atoms with Crippen molar-refractivity contribution >= 4 is 16.8 Å². The monoisotopic (exact) mass is 188 g/mol. The van der Waals surface area contributed by atoms with E-state index in [0.717, 1.165) is 0 Å². The Balaban J connectivity index is 0.000000561. The first-order valence-corrected chi connectivity index (χ1v) is 4.03. The molecule has 0 atom stereocenters. The molecule has 0 N–H and O–H groups in total. The number of carbonyl (C=O) groups excluding carboxylic acids is 1. The molecular formula is C9H10ClFO. The largest absolute Gasteiger partial charge is 0.276 e. The Hall–Kier alpha value is -0.890. The maximum Gasteiger partial charge on any atom is 0.252 e. The molecule has 0 aliphatic heterocycles. The molecule has 0 saturated heterocycles. The second-order valence-electron chi connectivity index (χ2n) is 1.78. The van der Waals surface area contributed by atoms with Crippen molar-refractivity contribution in [3.63, 3.8) is 0 Å². The molecule has 0 spiro atoms. The van der Waals surface area contributed by atoms with Gasteiger partial charge in [0.1, 0.15) is 5.82 Å². The van der Waals surface area contributed by atoms with Gasteiger partial charge in [-0.2, -0.15) is 0 Å². The molecular weight excluding hydrogens is 179 g/mol. The van der Waals surface area contributed by atoms with E-state index in [4.69, 9.17) is 11.6 Å². The summed E-state index contributed by atoms with van der Waals surface area (Å²) in [6.07, 6.45) is 0. The Bertz CT molecular complexity index is 243. The van der Waals surface area contributed by atoms with Gasteiger partial charge in [-0.15, -0.1) is 0 Å². The quantitative estimate of drug-likeness (QED) is 0.619. The molecule has 66 valence electrons. The van der Waals surface area contributed by atoms with Crippen molar-refractivity contribution in [2.45, 2.75) is 13.8 Å². The van der Waals surface area contributed by atoms with Crippen molar-refractivity contribution in [2.75, 3.05) is 0 Å². The Morgan fingerprint density at radius 3 is 2.00 bits per heavy atom. The minimum Gasteiger partial charge on any atom is -0.276 e. The molecule has 1 aromatic carbocycles. The molecule has 0 saturated carbocycles. The zero-order chi connectivity index (χ0) is 9.56. The molecule has 0 amide bonds. The van der Waals surface area contributed by atoms with Crippen LogP contribution in [0.5, 0.6) is 0 Å². The average molecular weight is 189 g/mol. The summed E-state index contributed by atoms with van der Waals surface area (Å²) in [6.45, 7) is 4.00. The third kappa shape index (κ3) is 3.49. The lowest BCUT2D eigenvalue weighted by atomic mass is 10.2. The van der Waals surface area contributed by atoms with Crippen LogP contribution in [0.15, 0.2) is 24.3 Å². The van der Waals surface area contributed by atoms with Gasteiger partial charge in [-0.3, -0.25) is 4.79 Å². The maximum atomic E-state index is 12.2. The third-order valence-corrected chi connectivity index (χ3v) is 1.29. The van der Waals surface area contributed by atoms with Gasteiger partial charge >= 0.3 is 0 Å². The third-order valence-electron chi connectivity index (χ3n) is 1.07. The molecule has 1 aromatic rings. The lowest BCUT2D eigenvalue weighted by Crippen LogP contribution is -1.87. The second-order valence-corrected chi connectivity index (χ2v) is 2.12. The van der Waals surface area contributed by atoms with Crippen molar-refractivity contribution in [3.8, 4) is 0 Å². The number of hydrogen-bond donors (Lipinski definition) is 0. The van der Waals surface area contributed by atoms with Crippen LogP contribution in [0.4, 0.5) is 4.39 Å². The predicted molar refractivity (Wildman–Crippen MR) is 47.9 cm³/mol. The molecule has 0 bridgehead atoms. The van der Waals surface area contributed by atoms with E-state index in [0.29, 0.717) is 5.56 Å². The molecule has 3 heteroatoms. The van der Waals surface area contributed by atoms with Crippen LogP contribution in [0.2, 0.25) is 0 Å². The number of hydrogen-bond acceptors (Lipinski definition) is 1. The fraction of sp³-hybridized carbons (Fsp3) is 0.222. The Morgan fingerprint density at radius 2 is 1.67 bits per heavy atom. The maximum absolute atomic E-state index is 12.2. The molecule has 0 fully saturated rings. The van der Waals surface area contributed by atoms with E-state index in [1.165, 1.54) is 24.3 Å². The highest BCUT2D eigenvalue weighted by atomic mass is 35.5. The summed E-state index contributed by atoms with van der Waals surface area (Å²) in [5.74, 6) is -0.373. The molecule has 0 radical (unpaired) electrons. The summed E-state index contributed by atoms with van der Waals surface area (Å²) in [6, 6.07) is 5.06. The molecule has 1 nitrogen and oxygen atoms in total. The zero-order valence-corrected chi connectivity index (χ0v) is 7.73. The van der Waals surface area contributed by atoms with E-state index in [1.54, 1.807) is 0 Å². The molecule has 1 rings (SSSR count). The van der Waals surface area contributed by atoms with Gasteiger partial charge < -0.3 is 0 Å². The number of carbonyl (C=O) groups is 1. The van der Waals surface area contributed by atoms with E-state index in [1.807, 2.05) is 13.8 Å². The van der Waals surface area contributed by atoms with Gasteiger partial charge in [0.15, 0.2) is 0 Å². The van der Waals surface area contributed by atoms with Crippen LogP contribution in [-0.2, 0) is 0 Å². The van der Waals surface area contributed by atoms with Crippen molar-refractivity contribution in [2.24, 2.45) is 0 Å². The van der Waals surface area contributed by atoms with Crippen molar-refractivity contribution < 1.29 is 9.18 Å².